The highest BCUT2D eigenvalue weighted by atomic mass is 32.2. The van der Waals surface area contributed by atoms with Crippen LogP contribution in [-0.4, -0.2) is 15.0 Å². The third kappa shape index (κ3) is 5.08. The predicted molar refractivity (Wildman–Crippen MR) is 103 cm³/mol. The van der Waals surface area contributed by atoms with Crippen LogP contribution in [0.4, 0.5) is 15.8 Å². The zero-order valence-electron chi connectivity index (χ0n) is 14.5. The summed E-state index contributed by atoms with van der Waals surface area (Å²) < 4.78 is 40.0. The van der Waals surface area contributed by atoms with Crippen LogP contribution >= 0.6 is 0 Å². The molecule has 0 heterocycles. The lowest BCUT2D eigenvalue weighted by molar-refractivity contribution is 0.599. The number of allylic oxidation sites excluding steroid dienone is 1. The van der Waals surface area contributed by atoms with E-state index in [0.29, 0.717) is 5.69 Å². The minimum absolute atomic E-state index is 0.0295. The van der Waals surface area contributed by atoms with Gasteiger partial charge in [0.1, 0.15) is 5.82 Å². The molecule has 2 N–H and O–H groups in total. The van der Waals surface area contributed by atoms with Crippen LogP contribution in [0.15, 0.2) is 65.1 Å². The number of hydrogen-bond donors (Lipinski definition) is 2. The second kappa shape index (κ2) is 8.36. The van der Waals surface area contributed by atoms with E-state index in [1.54, 1.807) is 12.1 Å². The predicted octanol–water partition coefficient (Wildman–Crippen LogP) is 4.93. The highest BCUT2D eigenvalue weighted by molar-refractivity contribution is 7.92. The third-order valence-corrected chi connectivity index (χ3v) is 5.82. The maximum absolute atomic E-state index is 12.9. The van der Waals surface area contributed by atoms with Crippen LogP contribution in [0, 0.1) is 5.82 Å². The maximum Gasteiger partial charge on any atom is 0.261 e. The summed E-state index contributed by atoms with van der Waals surface area (Å²) in [6.45, 7) is 0.868. The summed E-state index contributed by atoms with van der Waals surface area (Å²) in [5.41, 5.74) is 2.94. The van der Waals surface area contributed by atoms with Crippen LogP contribution in [-0.2, 0) is 10.0 Å². The molecule has 0 radical (unpaired) electrons. The molecule has 1 aliphatic rings. The second-order valence-corrected chi connectivity index (χ2v) is 8.10. The smallest absolute Gasteiger partial charge is 0.261 e. The van der Waals surface area contributed by atoms with Crippen molar-refractivity contribution in [2.45, 2.75) is 37.0 Å². The van der Waals surface area contributed by atoms with Crippen molar-refractivity contribution in [3.8, 4) is 0 Å². The lowest BCUT2D eigenvalue weighted by Gasteiger charge is -2.14. The van der Waals surface area contributed by atoms with E-state index in [4.69, 9.17) is 0 Å². The standard InChI is InChI=1S/C20H23FN2O2S/c21-17-6-12-20(13-7-17)26(24,25)23-19-10-8-18(9-11-19)22-15-14-16-4-2-1-3-5-16/h4,6-13,22-23H,1-3,5,14-15H2. The van der Waals surface area contributed by atoms with Gasteiger partial charge in [-0.3, -0.25) is 4.72 Å². The Kier molecular flexibility index (Phi) is 5.93. The van der Waals surface area contributed by atoms with Crippen molar-refractivity contribution in [1.29, 1.82) is 0 Å². The molecule has 26 heavy (non-hydrogen) atoms. The van der Waals surface area contributed by atoms with Gasteiger partial charge in [0.05, 0.1) is 4.90 Å². The monoisotopic (exact) mass is 374 g/mol. The molecule has 2 aromatic rings. The van der Waals surface area contributed by atoms with Crippen LogP contribution in [0.3, 0.4) is 0 Å². The van der Waals surface area contributed by atoms with Crippen LogP contribution in [0.25, 0.3) is 0 Å². The van der Waals surface area contributed by atoms with E-state index >= 15 is 0 Å². The summed E-state index contributed by atoms with van der Waals surface area (Å²) in [7, 11) is -3.72. The van der Waals surface area contributed by atoms with Crippen molar-refractivity contribution < 1.29 is 12.8 Å². The van der Waals surface area contributed by atoms with E-state index in [-0.39, 0.29) is 4.90 Å². The summed E-state index contributed by atoms with van der Waals surface area (Å²) in [5.74, 6) is -0.469. The number of rotatable bonds is 7. The van der Waals surface area contributed by atoms with E-state index in [1.807, 2.05) is 12.1 Å². The summed E-state index contributed by atoms with van der Waals surface area (Å²) in [5, 5.41) is 3.36. The number of nitrogens with one attached hydrogen (secondary N) is 2. The van der Waals surface area contributed by atoms with Gasteiger partial charge in [-0.2, -0.15) is 0 Å². The average molecular weight is 374 g/mol. The Morgan fingerprint density at radius 1 is 0.923 bits per heavy atom. The molecule has 2 aromatic carbocycles. The number of hydrogen-bond acceptors (Lipinski definition) is 3. The van der Waals surface area contributed by atoms with Gasteiger partial charge in [-0.25, -0.2) is 12.8 Å². The SMILES string of the molecule is O=S(=O)(Nc1ccc(NCCC2=CCCCC2)cc1)c1ccc(F)cc1. The normalized spacial score (nSPS) is 14.6. The molecule has 0 fully saturated rings. The molecule has 6 heteroatoms. The van der Waals surface area contributed by atoms with Gasteiger partial charge in [-0.05, 0) is 80.6 Å². The topological polar surface area (TPSA) is 58.2 Å². The van der Waals surface area contributed by atoms with Crippen LogP contribution in [0.5, 0.6) is 0 Å². The molecule has 0 amide bonds. The van der Waals surface area contributed by atoms with Crippen LogP contribution in [0.1, 0.15) is 32.1 Å². The molecule has 0 saturated heterocycles. The Morgan fingerprint density at radius 2 is 1.62 bits per heavy atom. The summed E-state index contributed by atoms with van der Waals surface area (Å²) in [6, 6.07) is 11.9. The minimum Gasteiger partial charge on any atom is -0.385 e. The van der Waals surface area contributed by atoms with Crippen LogP contribution < -0.4 is 10.0 Å². The molecule has 0 saturated carbocycles. The molecular formula is C20H23FN2O2S. The molecule has 0 atom stereocenters. The minimum atomic E-state index is -3.72. The van der Waals surface area contributed by atoms with Gasteiger partial charge in [-0.15, -0.1) is 0 Å². The Morgan fingerprint density at radius 3 is 2.27 bits per heavy atom. The number of halogens is 1. The molecule has 4 nitrogen and oxygen atoms in total. The van der Waals surface area contributed by atoms with Gasteiger partial charge in [0.15, 0.2) is 0 Å². The first-order chi connectivity index (χ1) is 12.5. The highest BCUT2D eigenvalue weighted by Gasteiger charge is 2.14. The third-order valence-electron chi connectivity index (χ3n) is 4.42. The molecule has 1 aliphatic carbocycles. The zero-order chi connectivity index (χ0) is 18.4. The Bertz CT molecular complexity index is 860. The number of benzene rings is 2. The number of anilines is 2. The largest absolute Gasteiger partial charge is 0.385 e. The summed E-state index contributed by atoms with van der Waals surface area (Å²) >= 11 is 0. The quantitative estimate of drug-likeness (QED) is 0.676. The lowest BCUT2D eigenvalue weighted by Crippen LogP contribution is -2.13. The van der Waals surface area contributed by atoms with Gasteiger partial charge in [-0.1, -0.05) is 11.6 Å². The van der Waals surface area contributed by atoms with E-state index < -0.39 is 15.8 Å². The first-order valence-corrected chi connectivity index (χ1v) is 10.3. The first-order valence-electron chi connectivity index (χ1n) is 8.83. The maximum atomic E-state index is 12.9. The van der Waals surface area contributed by atoms with E-state index in [2.05, 4.69) is 16.1 Å². The van der Waals surface area contributed by atoms with Gasteiger partial charge in [0.25, 0.3) is 10.0 Å². The van der Waals surface area contributed by atoms with Crippen molar-refractivity contribution >= 4 is 21.4 Å². The fourth-order valence-electron chi connectivity index (χ4n) is 2.98. The van der Waals surface area contributed by atoms with Gasteiger partial charge in [0, 0.05) is 17.9 Å². The zero-order valence-corrected chi connectivity index (χ0v) is 15.4. The van der Waals surface area contributed by atoms with Crippen LogP contribution in [0.2, 0.25) is 0 Å². The lowest BCUT2D eigenvalue weighted by atomic mass is 9.97. The molecule has 0 unspecified atom stereocenters. The second-order valence-electron chi connectivity index (χ2n) is 6.42. The summed E-state index contributed by atoms with van der Waals surface area (Å²) in [4.78, 5) is 0.0295. The molecular weight excluding hydrogens is 351 g/mol. The first kappa shape index (κ1) is 18.5. The average Bonchev–Trinajstić information content (AvgIpc) is 2.64. The van der Waals surface area contributed by atoms with Crippen molar-refractivity contribution in [2.24, 2.45) is 0 Å². The van der Waals surface area contributed by atoms with Crippen molar-refractivity contribution in [3.63, 3.8) is 0 Å². The van der Waals surface area contributed by atoms with Crippen molar-refractivity contribution in [2.75, 3.05) is 16.6 Å². The molecule has 0 aliphatic heterocycles. The molecule has 0 bridgehead atoms. The molecule has 0 aromatic heterocycles. The van der Waals surface area contributed by atoms with Gasteiger partial charge >= 0.3 is 0 Å². The highest BCUT2D eigenvalue weighted by Crippen LogP contribution is 2.21. The van der Waals surface area contributed by atoms with Gasteiger partial charge in [0.2, 0.25) is 0 Å². The molecule has 138 valence electrons. The Hall–Kier alpha value is -2.34. The van der Waals surface area contributed by atoms with Gasteiger partial charge < -0.3 is 5.32 Å². The van der Waals surface area contributed by atoms with E-state index in [1.165, 1.54) is 43.4 Å². The Balaban J connectivity index is 1.55. The van der Waals surface area contributed by atoms with E-state index in [0.717, 1.165) is 30.8 Å². The summed E-state index contributed by atoms with van der Waals surface area (Å²) in [6.07, 6.45) is 8.36. The van der Waals surface area contributed by atoms with E-state index in [9.17, 15) is 12.8 Å². The Labute approximate surface area is 154 Å². The number of sulfonamides is 1. The molecule has 3 rings (SSSR count). The van der Waals surface area contributed by atoms with Crippen molar-refractivity contribution in [1.82, 2.24) is 0 Å². The fraction of sp³-hybridized carbons (Fsp3) is 0.300. The fourth-order valence-corrected chi connectivity index (χ4v) is 4.04. The molecule has 0 spiro atoms. The van der Waals surface area contributed by atoms with Crippen molar-refractivity contribution in [3.05, 3.63) is 66.0 Å².